The van der Waals surface area contributed by atoms with Crippen molar-refractivity contribution in [3.8, 4) is 41.1 Å². The normalized spacial score (nSPS) is 27.9. The molecule has 4 aromatic rings. The predicted molar refractivity (Wildman–Crippen MR) is 167 cm³/mol. The SMILES string of the molecule is C#Cc1c(F)ccc2cc(O)cc(-c3nc4c5c(c(F)c(OC[C@@]67CCCN6C[C@H](F)C7)nc5c3F)N3CC5CCC(N5)C3CO4)c12. The molecule has 4 fully saturated rings. The summed E-state index contributed by atoms with van der Waals surface area (Å²) in [5.74, 6) is -0.670. The van der Waals surface area contributed by atoms with Crippen LogP contribution in [0.25, 0.3) is 32.9 Å². The largest absolute Gasteiger partial charge is 0.508 e. The molecule has 3 unspecified atom stereocenters. The van der Waals surface area contributed by atoms with Crippen LogP contribution in [0.1, 0.15) is 37.7 Å². The van der Waals surface area contributed by atoms with Gasteiger partial charge in [0.1, 0.15) is 42.2 Å². The quantitative estimate of drug-likeness (QED) is 0.231. The molecule has 0 amide bonds. The molecular weight excluding hydrogens is 614 g/mol. The van der Waals surface area contributed by atoms with Crippen LogP contribution in [-0.4, -0.2) is 82.7 Å². The van der Waals surface area contributed by atoms with Crippen molar-refractivity contribution >= 4 is 27.4 Å². The number of aromatic hydroxyl groups is 1. The Morgan fingerprint density at radius 3 is 2.85 bits per heavy atom. The van der Waals surface area contributed by atoms with Crippen molar-refractivity contribution in [2.75, 3.05) is 37.7 Å². The summed E-state index contributed by atoms with van der Waals surface area (Å²) in [6, 6.07) is 5.13. The molecule has 4 saturated heterocycles. The van der Waals surface area contributed by atoms with E-state index in [0.29, 0.717) is 24.9 Å². The van der Waals surface area contributed by atoms with Crippen molar-refractivity contribution in [3.05, 3.63) is 47.3 Å². The minimum Gasteiger partial charge on any atom is -0.508 e. The Bertz CT molecular complexity index is 2040. The molecule has 2 aromatic carbocycles. The van der Waals surface area contributed by atoms with Crippen molar-refractivity contribution in [2.45, 2.75) is 61.9 Å². The molecule has 8 nitrogen and oxygen atoms in total. The van der Waals surface area contributed by atoms with Gasteiger partial charge in [-0.2, -0.15) is 4.39 Å². The summed E-state index contributed by atoms with van der Waals surface area (Å²) in [6.07, 6.45) is 8.34. The lowest BCUT2D eigenvalue weighted by Crippen LogP contribution is -2.60. The van der Waals surface area contributed by atoms with Gasteiger partial charge in [-0.05, 0) is 55.8 Å². The van der Waals surface area contributed by atoms with Gasteiger partial charge < -0.3 is 24.8 Å². The number of piperazine rings is 1. The average molecular weight is 646 g/mol. The van der Waals surface area contributed by atoms with Crippen molar-refractivity contribution in [1.82, 2.24) is 20.2 Å². The molecule has 9 rings (SSSR count). The van der Waals surface area contributed by atoms with E-state index < -0.39 is 29.2 Å². The molecule has 0 radical (unpaired) electrons. The molecule has 5 aliphatic heterocycles. The smallest absolute Gasteiger partial charge is 0.253 e. The average Bonchev–Trinajstić information content (AvgIpc) is 3.68. The maximum Gasteiger partial charge on any atom is 0.253 e. The highest BCUT2D eigenvalue weighted by molar-refractivity contribution is 6.05. The molecule has 2 N–H and O–H groups in total. The maximum absolute atomic E-state index is 17.0. The van der Waals surface area contributed by atoms with E-state index in [-0.39, 0.29) is 94.1 Å². The lowest BCUT2D eigenvalue weighted by molar-refractivity contribution is 0.108. The zero-order chi connectivity index (χ0) is 32.2. The van der Waals surface area contributed by atoms with Crippen LogP contribution in [0, 0.1) is 29.8 Å². The van der Waals surface area contributed by atoms with Gasteiger partial charge in [0.05, 0.1) is 28.2 Å². The van der Waals surface area contributed by atoms with Gasteiger partial charge in [0.25, 0.3) is 5.88 Å². The second kappa shape index (κ2) is 10.3. The Morgan fingerprint density at radius 2 is 2.00 bits per heavy atom. The van der Waals surface area contributed by atoms with Gasteiger partial charge in [-0.3, -0.25) is 4.90 Å². The first kappa shape index (κ1) is 28.8. The van der Waals surface area contributed by atoms with Gasteiger partial charge in [-0.25, -0.2) is 23.1 Å². The van der Waals surface area contributed by atoms with Gasteiger partial charge >= 0.3 is 0 Å². The first-order valence-electron chi connectivity index (χ1n) is 16.1. The third kappa shape index (κ3) is 4.22. The predicted octanol–water partition coefficient (Wildman–Crippen LogP) is 5.21. The van der Waals surface area contributed by atoms with Crippen molar-refractivity contribution in [3.63, 3.8) is 0 Å². The second-order valence-electron chi connectivity index (χ2n) is 13.5. The highest BCUT2D eigenvalue weighted by Gasteiger charge is 2.50. The fourth-order valence-electron chi connectivity index (χ4n) is 8.78. The number of benzene rings is 2. The van der Waals surface area contributed by atoms with Gasteiger partial charge in [0.15, 0.2) is 5.82 Å². The molecule has 0 spiro atoms. The molecule has 5 atom stereocenters. The number of nitrogens with one attached hydrogen (secondary N) is 1. The van der Waals surface area contributed by atoms with Crippen LogP contribution in [0.15, 0.2) is 24.3 Å². The Balaban J connectivity index is 1.27. The van der Waals surface area contributed by atoms with E-state index in [0.717, 1.165) is 25.8 Å². The highest BCUT2D eigenvalue weighted by Crippen LogP contribution is 2.48. The molecule has 5 aliphatic rings. The summed E-state index contributed by atoms with van der Waals surface area (Å²) in [4.78, 5) is 13.0. The number of terminal acetylenes is 1. The number of nitrogens with zero attached hydrogens (tertiary/aromatic N) is 4. The van der Waals surface area contributed by atoms with Gasteiger partial charge in [0, 0.05) is 42.5 Å². The second-order valence-corrected chi connectivity index (χ2v) is 13.5. The number of hydrogen-bond donors (Lipinski definition) is 2. The number of rotatable bonds is 4. The highest BCUT2D eigenvalue weighted by atomic mass is 19.1. The standard InChI is InChI=1S/C35H31F4N5O3/c1-2-21-23(37)6-4-17-10-20(45)11-22(26(17)21)30-28(38)31-27-32(44-14-19-5-7-24(40-19)25(44)15-46-33(27)41-30)29(39)34(42-31)47-16-35-8-3-9-43(35)13-18(36)12-35/h1,4,6,10-11,18-19,24-25,40,45H,3,5,7-9,12-16H2/t18-,19?,24?,25?,35+/m1/s1. The topological polar surface area (TPSA) is 83.0 Å². The summed E-state index contributed by atoms with van der Waals surface area (Å²) in [7, 11) is 0. The fourth-order valence-corrected chi connectivity index (χ4v) is 8.78. The first-order chi connectivity index (χ1) is 22.7. The fraction of sp³-hybridized carbons (Fsp3) is 0.429. The van der Waals surface area contributed by atoms with Crippen molar-refractivity contribution in [2.24, 2.45) is 0 Å². The van der Waals surface area contributed by atoms with E-state index in [1.165, 1.54) is 24.3 Å². The number of hydrogen-bond acceptors (Lipinski definition) is 8. The number of phenols is 1. The van der Waals surface area contributed by atoms with E-state index in [2.05, 4.69) is 26.1 Å². The zero-order valence-corrected chi connectivity index (χ0v) is 25.3. The molecule has 2 bridgehead atoms. The summed E-state index contributed by atoms with van der Waals surface area (Å²) < 4.78 is 75.8. The van der Waals surface area contributed by atoms with Crippen molar-refractivity contribution < 1.29 is 32.1 Å². The summed E-state index contributed by atoms with van der Waals surface area (Å²) in [5.41, 5.74) is -1.10. The number of alkyl halides is 1. The van der Waals surface area contributed by atoms with Gasteiger partial charge in [-0.1, -0.05) is 12.0 Å². The molecular formula is C35H31F4N5O3. The number of pyridine rings is 2. The lowest BCUT2D eigenvalue weighted by Gasteiger charge is -2.41. The summed E-state index contributed by atoms with van der Waals surface area (Å²) in [5, 5.41) is 14.8. The Labute approximate surface area is 267 Å². The molecule has 242 valence electrons. The number of phenolic OH excluding ortho intramolecular Hbond substituents is 1. The molecule has 7 heterocycles. The van der Waals surface area contributed by atoms with Crippen LogP contribution >= 0.6 is 0 Å². The van der Waals surface area contributed by atoms with E-state index >= 15 is 8.78 Å². The summed E-state index contributed by atoms with van der Waals surface area (Å²) >= 11 is 0. The van der Waals surface area contributed by atoms with E-state index in [9.17, 15) is 13.9 Å². The van der Waals surface area contributed by atoms with Crippen LogP contribution in [0.4, 0.5) is 23.2 Å². The van der Waals surface area contributed by atoms with E-state index in [1.54, 1.807) is 0 Å². The molecule has 2 aromatic heterocycles. The van der Waals surface area contributed by atoms with Gasteiger partial charge in [0.2, 0.25) is 11.7 Å². The molecule has 47 heavy (non-hydrogen) atoms. The molecule has 12 heteroatoms. The third-order valence-electron chi connectivity index (χ3n) is 10.9. The maximum atomic E-state index is 17.0. The Morgan fingerprint density at radius 1 is 1.13 bits per heavy atom. The van der Waals surface area contributed by atoms with E-state index in [1.807, 2.05) is 4.90 Å². The van der Waals surface area contributed by atoms with Crippen LogP contribution in [0.2, 0.25) is 0 Å². The molecule has 0 saturated carbocycles. The van der Waals surface area contributed by atoms with Crippen LogP contribution in [0.5, 0.6) is 17.5 Å². The minimum atomic E-state index is -1.00. The van der Waals surface area contributed by atoms with E-state index in [4.69, 9.17) is 15.9 Å². The number of anilines is 1. The Hall–Kier alpha value is -4.34. The number of halogens is 4. The van der Waals surface area contributed by atoms with Crippen LogP contribution in [-0.2, 0) is 0 Å². The van der Waals surface area contributed by atoms with Crippen LogP contribution in [0.3, 0.4) is 0 Å². The zero-order valence-electron chi connectivity index (χ0n) is 25.3. The molecule has 0 aliphatic carbocycles. The minimum absolute atomic E-state index is 0.00341. The number of aromatic nitrogens is 2. The monoisotopic (exact) mass is 645 g/mol. The number of fused-ring (bicyclic) bond motifs is 7. The van der Waals surface area contributed by atoms with Crippen molar-refractivity contribution in [1.29, 1.82) is 0 Å². The third-order valence-corrected chi connectivity index (χ3v) is 10.9. The number of ether oxygens (including phenoxy) is 2. The van der Waals surface area contributed by atoms with Crippen LogP contribution < -0.4 is 19.7 Å². The van der Waals surface area contributed by atoms with Gasteiger partial charge in [-0.15, -0.1) is 6.42 Å². The Kier molecular flexibility index (Phi) is 6.34. The first-order valence-corrected chi connectivity index (χ1v) is 16.1. The lowest BCUT2D eigenvalue weighted by atomic mass is 9.95. The summed E-state index contributed by atoms with van der Waals surface area (Å²) in [6.45, 7) is 1.64.